The number of aryl methyl sites for hydroxylation is 2. The molecule has 0 heterocycles. The van der Waals surface area contributed by atoms with E-state index in [0.717, 1.165) is 6.54 Å². The summed E-state index contributed by atoms with van der Waals surface area (Å²) in [6.45, 7) is 4.43. The summed E-state index contributed by atoms with van der Waals surface area (Å²) in [6, 6.07) is 7.06. The first-order valence-electron chi connectivity index (χ1n) is 6.85. The Kier molecular flexibility index (Phi) is 5.40. The molecule has 2 rings (SSSR count). The van der Waals surface area contributed by atoms with Crippen molar-refractivity contribution in [3.8, 4) is 0 Å². The summed E-state index contributed by atoms with van der Waals surface area (Å²) < 4.78 is 0. The van der Waals surface area contributed by atoms with Gasteiger partial charge in [0.25, 0.3) is 0 Å². The predicted octanol–water partition coefficient (Wildman–Crippen LogP) is 3.66. The van der Waals surface area contributed by atoms with Gasteiger partial charge in [0, 0.05) is 4.90 Å². The van der Waals surface area contributed by atoms with E-state index in [1.807, 2.05) is 11.8 Å². The maximum atomic E-state index is 3.37. The molecule has 2 heteroatoms. The van der Waals surface area contributed by atoms with Crippen LogP contribution >= 0.6 is 11.8 Å². The molecule has 1 aromatic carbocycles. The topological polar surface area (TPSA) is 12.0 Å². The van der Waals surface area contributed by atoms with Crippen LogP contribution in [0.2, 0.25) is 0 Å². The largest absolute Gasteiger partial charge is 0.317 e. The Balaban J connectivity index is 1.69. The van der Waals surface area contributed by atoms with Gasteiger partial charge in [-0.05, 0) is 74.2 Å². The number of rotatable bonds is 7. The van der Waals surface area contributed by atoms with Gasteiger partial charge < -0.3 is 5.32 Å². The smallest absolute Gasteiger partial charge is 0.00748 e. The molecule has 0 aliphatic heterocycles. The van der Waals surface area contributed by atoms with E-state index in [1.54, 1.807) is 11.1 Å². The molecule has 0 saturated heterocycles. The monoisotopic (exact) mass is 249 g/mol. The highest BCUT2D eigenvalue weighted by Crippen LogP contribution is 2.27. The van der Waals surface area contributed by atoms with Crippen LogP contribution in [0.3, 0.4) is 0 Å². The van der Waals surface area contributed by atoms with E-state index in [9.17, 15) is 0 Å². The van der Waals surface area contributed by atoms with Gasteiger partial charge in [-0.2, -0.15) is 0 Å². The molecule has 17 heavy (non-hydrogen) atoms. The number of hydrogen-bond acceptors (Lipinski definition) is 2. The van der Waals surface area contributed by atoms with E-state index in [1.165, 1.54) is 49.3 Å². The Morgan fingerprint density at radius 3 is 2.94 bits per heavy atom. The van der Waals surface area contributed by atoms with E-state index >= 15 is 0 Å². The lowest BCUT2D eigenvalue weighted by molar-refractivity contribution is 0.666. The van der Waals surface area contributed by atoms with E-state index in [-0.39, 0.29) is 0 Å². The lowest BCUT2D eigenvalue weighted by Crippen LogP contribution is -2.13. The van der Waals surface area contributed by atoms with Gasteiger partial charge in [0.1, 0.15) is 0 Å². The van der Waals surface area contributed by atoms with Crippen LogP contribution in [-0.4, -0.2) is 18.8 Å². The van der Waals surface area contributed by atoms with Crippen molar-refractivity contribution in [1.29, 1.82) is 0 Å². The number of hydrogen-bond donors (Lipinski definition) is 1. The van der Waals surface area contributed by atoms with Crippen molar-refractivity contribution in [2.75, 3.05) is 18.8 Å². The highest BCUT2D eigenvalue weighted by molar-refractivity contribution is 7.99. The molecule has 0 amide bonds. The summed E-state index contributed by atoms with van der Waals surface area (Å²) in [4.78, 5) is 1.47. The van der Waals surface area contributed by atoms with Gasteiger partial charge in [0.15, 0.2) is 0 Å². The van der Waals surface area contributed by atoms with Crippen LogP contribution in [0, 0.1) is 0 Å². The van der Waals surface area contributed by atoms with Crippen LogP contribution < -0.4 is 5.32 Å². The third-order valence-corrected chi connectivity index (χ3v) is 4.42. The van der Waals surface area contributed by atoms with E-state index in [0.29, 0.717) is 0 Å². The summed E-state index contributed by atoms with van der Waals surface area (Å²) in [5.41, 5.74) is 3.18. The molecule has 1 N–H and O–H groups in total. The Morgan fingerprint density at radius 2 is 2.06 bits per heavy atom. The average Bonchev–Trinajstić information content (AvgIpc) is 2.81. The average molecular weight is 249 g/mol. The van der Waals surface area contributed by atoms with Gasteiger partial charge in [-0.25, -0.2) is 0 Å². The molecule has 0 fully saturated rings. The molecule has 0 aromatic heterocycles. The lowest BCUT2D eigenvalue weighted by Gasteiger charge is -2.05. The second kappa shape index (κ2) is 7.07. The molecule has 94 valence electrons. The van der Waals surface area contributed by atoms with E-state index in [4.69, 9.17) is 0 Å². The summed E-state index contributed by atoms with van der Waals surface area (Å²) in [5, 5.41) is 3.37. The van der Waals surface area contributed by atoms with Crippen molar-refractivity contribution >= 4 is 11.8 Å². The third kappa shape index (κ3) is 4.04. The zero-order valence-corrected chi connectivity index (χ0v) is 11.6. The first kappa shape index (κ1) is 13.0. The van der Waals surface area contributed by atoms with Gasteiger partial charge in [0.2, 0.25) is 0 Å². The zero-order valence-electron chi connectivity index (χ0n) is 10.8. The van der Waals surface area contributed by atoms with Crippen molar-refractivity contribution in [1.82, 2.24) is 5.32 Å². The fourth-order valence-electron chi connectivity index (χ4n) is 2.36. The molecular weight excluding hydrogens is 226 g/mol. The van der Waals surface area contributed by atoms with Crippen molar-refractivity contribution < 1.29 is 0 Å². The number of unbranched alkanes of at least 4 members (excludes halogenated alkanes) is 1. The molecule has 1 aliphatic carbocycles. The zero-order chi connectivity index (χ0) is 11.9. The number of benzene rings is 1. The minimum Gasteiger partial charge on any atom is -0.317 e. The second-order valence-corrected chi connectivity index (χ2v) is 5.86. The molecule has 0 bridgehead atoms. The third-order valence-electron chi connectivity index (χ3n) is 3.34. The van der Waals surface area contributed by atoms with Gasteiger partial charge in [-0.15, -0.1) is 11.8 Å². The Morgan fingerprint density at radius 1 is 1.18 bits per heavy atom. The normalized spacial score (nSPS) is 13.9. The van der Waals surface area contributed by atoms with E-state index in [2.05, 4.69) is 30.4 Å². The maximum Gasteiger partial charge on any atom is 0.00748 e. The van der Waals surface area contributed by atoms with Crippen LogP contribution in [0.1, 0.15) is 37.3 Å². The first-order valence-corrected chi connectivity index (χ1v) is 7.84. The quantitative estimate of drug-likeness (QED) is 0.584. The van der Waals surface area contributed by atoms with Crippen molar-refractivity contribution in [2.45, 2.75) is 43.9 Å². The Hall–Kier alpha value is -0.470. The van der Waals surface area contributed by atoms with Gasteiger partial charge >= 0.3 is 0 Å². The van der Waals surface area contributed by atoms with Crippen molar-refractivity contribution in [2.24, 2.45) is 0 Å². The summed E-state index contributed by atoms with van der Waals surface area (Å²) in [6.07, 6.45) is 6.56. The summed E-state index contributed by atoms with van der Waals surface area (Å²) >= 11 is 2.02. The molecule has 0 atom stereocenters. The molecule has 0 radical (unpaired) electrons. The van der Waals surface area contributed by atoms with Crippen LogP contribution in [0.25, 0.3) is 0 Å². The van der Waals surface area contributed by atoms with Crippen LogP contribution in [-0.2, 0) is 12.8 Å². The van der Waals surface area contributed by atoms with Gasteiger partial charge in [0.05, 0.1) is 0 Å². The molecule has 1 nitrogen and oxygen atoms in total. The van der Waals surface area contributed by atoms with Crippen molar-refractivity contribution in [3.63, 3.8) is 0 Å². The van der Waals surface area contributed by atoms with E-state index < -0.39 is 0 Å². The fourth-order valence-corrected chi connectivity index (χ4v) is 3.33. The highest BCUT2D eigenvalue weighted by Gasteiger charge is 2.10. The Labute approximate surface area is 109 Å². The molecule has 1 aromatic rings. The highest BCUT2D eigenvalue weighted by atomic mass is 32.2. The molecule has 0 spiro atoms. The summed E-state index contributed by atoms with van der Waals surface area (Å²) in [7, 11) is 0. The van der Waals surface area contributed by atoms with Crippen LogP contribution in [0.15, 0.2) is 23.1 Å². The lowest BCUT2D eigenvalue weighted by atomic mass is 10.1. The number of nitrogens with one attached hydrogen (secondary N) is 1. The molecule has 0 unspecified atom stereocenters. The minimum absolute atomic E-state index is 1.10. The molecular formula is C15H23NS. The number of fused-ring (bicyclic) bond motifs is 1. The maximum absolute atomic E-state index is 3.37. The first-order chi connectivity index (χ1) is 8.40. The fraction of sp³-hybridized carbons (Fsp3) is 0.600. The standard InChI is InChI=1S/C15H23NS/c1-2-16-10-3-4-11-17-15-9-8-13-6-5-7-14(13)12-15/h8-9,12,16H,2-7,10-11H2,1H3. The van der Waals surface area contributed by atoms with Gasteiger partial charge in [-0.3, -0.25) is 0 Å². The molecule has 0 saturated carbocycles. The second-order valence-electron chi connectivity index (χ2n) is 4.69. The van der Waals surface area contributed by atoms with Gasteiger partial charge in [-0.1, -0.05) is 13.0 Å². The summed E-state index contributed by atoms with van der Waals surface area (Å²) in [5.74, 6) is 1.25. The SMILES string of the molecule is CCNCCCCSc1ccc2c(c1)CCC2. The number of thioether (sulfide) groups is 1. The van der Waals surface area contributed by atoms with Crippen LogP contribution in [0.4, 0.5) is 0 Å². The van der Waals surface area contributed by atoms with Crippen molar-refractivity contribution in [3.05, 3.63) is 29.3 Å². The van der Waals surface area contributed by atoms with Crippen LogP contribution in [0.5, 0.6) is 0 Å². The minimum atomic E-state index is 1.10. The predicted molar refractivity (Wildman–Crippen MR) is 77.0 cm³/mol. The molecule has 1 aliphatic rings. The Bertz CT molecular complexity index is 349.